The molecule has 0 atom stereocenters. The molecule has 0 saturated heterocycles. The van der Waals surface area contributed by atoms with Crippen LogP contribution in [0.1, 0.15) is 13.8 Å². The predicted octanol–water partition coefficient (Wildman–Crippen LogP) is 2.80. The first-order chi connectivity index (χ1) is 5.34. The van der Waals surface area contributed by atoms with Crippen LogP contribution in [0.15, 0.2) is 18.5 Å². The first-order valence-electron chi connectivity index (χ1n) is 3.62. The normalized spacial score (nSPS) is 8.00. The number of anilines is 1. The largest absolute Gasteiger partial charge is 0.387 e. The topological polar surface area (TPSA) is 24.9 Å². The number of halogens is 1. The van der Waals surface area contributed by atoms with E-state index in [-0.39, 0.29) is 0 Å². The third-order valence-electron chi connectivity index (χ3n) is 1.04. The summed E-state index contributed by atoms with van der Waals surface area (Å²) in [5.41, 5.74) is 0.909. The molecule has 0 bridgehead atoms. The number of pyridine rings is 1. The van der Waals surface area contributed by atoms with E-state index in [2.05, 4.69) is 10.3 Å². The fourth-order valence-corrected chi connectivity index (χ4v) is 0.792. The molecular weight excluding hydrogens is 160 g/mol. The van der Waals surface area contributed by atoms with Crippen molar-refractivity contribution in [3.63, 3.8) is 0 Å². The van der Waals surface area contributed by atoms with Crippen LogP contribution in [0, 0.1) is 0 Å². The van der Waals surface area contributed by atoms with Crippen LogP contribution in [0.25, 0.3) is 0 Å². The van der Waals surface area contributed by atoms with Crippen LogP contribution >= 0.6 is 11.6 Å². The fraction of sp³-hybridized carbons (Fsp3) is 0.375. The van der Waals surface area contributed by atoms with Gasteiger partial charge in [-0.05, 0) is 6.07 Å². The Bertz CT molecular complexity index is 201. The molecule has 1 rings (SSSR count). The molecule has 0 aliphatic heterocycles. The number of hydrogen-bond acceptors (Lipinski definition) is 2. The van der Waals surface area contributed by atoms with Crippen molar-refractivity contribution in [3.05, 3.63) is 23.5 Å². The molecule has 11 heavy (non-hydrogen) atoms. The number of nitrogens with one attached hydrogen (secondary N) is 1. The van der Waals surface area contributed by atoms with Crippen LogP contribution in [-0.2, 0) is 0 Å². The summed E-state index contributed by atoms with van der Waals surface area (Å²) in [7, 11) is 1.82. The van der Waals surface area contributed by atoms with Gasteiger partial charge in [0.15, 0.2) is 0 Å². The van der Waals surface area contributed by atoms with E-state index in [9.17, 15) is 0 Å². The Balaban J connectivity index is 0.000000461. The number of nitrogens with zero attached hydrogens (tertiary/aromatic N) is 1. The SMILES string of the molecule is CC.CNc1ccncc1Cl. The summed E-state index contributed by atoms with van der Waals surface area (Å²) >= 11 is 5.70. The number of aromatic nitrogens is 1. The lowest BCUT2D eigenvalue weighted by Gasteiger charge is -1.98. The zero-order valence-corrected chi connectivity index (χ0v) is 7.81. The van der Waals surface area contributed by atoms with Gasteiger partial charge in [0.05, 0.1) is 10.7 Å². The van der Waals surface area contributed by atoms with E-state index < -0.39 is 0 Å². The molecule has 0 unspecified atom stereocenters. The van der Waals surface area contributed by atoms with Gasteiger partial charge in [0, 0.05) is 19.4 Å². The van der Waals surface area contributed by atoms with E-state index in [1.54, 1.807) is 12.4 Å². The Morgan fingerprint density at radius 1 is 1.45 bits per heavy atom. The molecule has 0 aromatic carbocycles. The standard InChI is InChI=1S/C6H7ClN2.C2H6/c1-8-6-2-3-9-4-5(6)7;1-2/h2-4H,1H3,(H,8,9);1-2H3. The Hall–Kier alpha value is -0.760. The molecule has 1 heterocycles. The summed E-state index contributed by atoms with van der Waals surface area (Å²) in [6.07, 6.45) is 3.30. The van der Waals surface area contributed by atoms with Gasteiger partial charge in [-0.3, -0.25) is 4.98 Å². The smallest absolute Gasteiger partial charge is 0.0820 e. The lowest BCUT2D eigenvalue weighted by atomic mass is 10.4. The highest BCUT2D eigenvalue weighted by atomic mass is 35.5. The molecule has 3 heteroatoms. The fourth-order valence-electron chi connectivity index (χ4n) is 0.578. The minimum Gasteiger partial charge on any atom is -0.387 e. The maximum atomic E-state index is 5.70. The van der Waals surface area contributed by atoms with Crippen molar-refractivity contribution in [1.29, 1.82) is 0 Å². The zero-order valence-electron chi connectivity index (χ0n) is 7.06. The molecular formula is C8H13ClN2. The van der Waals surface area contributed by atoms with Crippen LogP contribution in [-0.4, -0.2) is 12.0 Å². The van der Waals surface area contributed by atoms with Crippen LogP contribution in [0.3, 0.4) is 0 Å². The van der Waals surface area contributed by atoms with Gasteiger partial charge in [0.1, 0.15) is 0 Å². The Morgan fingerprint density at radius 2 is 2.09 bits per heavy atom. The van der Waals surface area contributed by atoms with Crippen LogP contribution < -0.4 is 5.32 Å². The second-order valence-corrected chi connectivity index (χ2v) is 2.01. The molecule has 0 aliphatic rings. The highest BCUT2D eigenvalue weighted by Gasteiger charge is 1.92. The molecule has 2 nitrogen and oxygen atoms in total. The average Bonchev–Trinajstić information content (AvgIpc) is 2.09. The van der Waals surface area contributed by atoms with E-state index in [1.807, 2.05) is 27.0 Å². The maximum Gasteiger partial charge on any atom is 0.0820 e. The maximum absolute atomic E-state index is 5.70. The second-order valence-electron chi connectivity index (χ2n) is 1.61. The van der Waals surface area contributed by atoms with Gasteiger partial charge in [0.25, 0.3) is 0 Å². The zero-order chi connectivity index (χ0) is 8.69. The third kappa shape index (κ3) is 3.23. The minimum absolute atomic E-state index is 0.653. The first kappa shape index (κ1) is 10.2. The van der Waals surface area contributed by atoms with Crippen molar-refractivity contribution in [2.24, 2.45) is 0 Å². The minimum atomic E-state index is 0.653. The van der Waals surface area contributed by atoms with E-state index in [1.165, 1.54) is 0 Å². The summed E-state index contributed by atoms with van der Waals surface area (Å²) < 4.78 is 0. The summed E-state index contributed by atoms with van der Waals surface area (Å²) in [4.78, 5) is 3.82. The predicted molar refractivity (Wildman–Crippen MR) is 50.1 cm³/mol. The van der Waals surface area contributed by atoms with Crippen LogP contribution in [0.2, 0.25) is 5.02 Å². The van der Waals surface area contributed by atoms with Gasteiger partial charge in [-0.1, -0.05) is 25.4 Å². The van der Waals surface area contributed by atoms with E-state index in [4.69, 9.17) is 11.6 Å². The average molecular weight is 173 g/mol. The second kappa shape index (κ2) is 5.98. The molecule has 1 aromatic heterocycles. The van der Waals surface area contributed by atoms with Gasteiger partial charge < -0.3 is 5.32 Å². The van der Waals surface area contributed by atoms with Gasteiger partial charge in [-0.2, -0.15) is 0 Å². The van der Waals surface area contributed by atoms with E-state index in [0.717, 1.165) is 5.69 Å². The Morgan fingerprint density at radius 3 is 2.45 bits per heavy atom. The molecule has 0 amide bonds. The summed E-state index contributed by atoms with van der Waals surface area (Å²) in [6, 6.07) is 1.82. The highest BCUT2D eigenvalue weighted by molar-refractivity contribution is 6.33. The molecule has 62 valence electrons. The molecule has 0 fully saturated rings. The molecule has 0 spiro atoms. The van der Waals surface area contributed by atoms with Crippen molar-refractivity contribution >= 4 is 17.3 Å². The van der Waals surface area contributed by atoms with Gasteiger partial charge in [-0.15, -0.1) is 0 Å². The lowest BCUT2D eigenvalue weighted by Crippen LogP contribution is -1.88. The molecule has 0 radical (unpaired) electrons. The van der Waals surface area contributed by atoms with Crippen LogP contribution in [0.4, 0.5) is 5.69 Å². The first-order valence-corrected chi connectivity index (χ1v) is 3.99. The van der Waals surface area contributed by atoms with E-state index in [0.29, 0.717) is 5.02 Å². The van der Waals surface area contributed by atoms with Gasteiger partial charge in [-0.25, -0.2) is 0 Å². The third-order valence-corrected chi connectivity index (χ3v) is 1.34. The van der Waals surface area contributed by atoms with Gasteiger partial charge >= 0.3 is 0 Å². The Kier molecular flexibility index (Phi) is 5.57. The van der Waals surface area contributed by atoms with Crippen molar-refractivity contribution in [2.75, 3.05) is 12.4 Å². The molecule has 0 saturated carbocycles. The lowest BCUT2D eigenvalue weighted by molar-refractivity contribution is 1.32. The summed E-state index contributed by atoms with van der Waals surface area (Å²) in [6.45, 7) is 4.00. The van der Waals surface area contributed by atoms with Crippen molar-refractivity contribution < 1.29 is 0 Å². The van der Waals surface area contributed by atoms with Gasteiger partial charge in [0.2, 0.25) is 0 Å². The quantitative estimate of drug-likeness (QED) is 0.705. The molecule has 1 aromatic rings. The van der Waals surface area contributed by atoms with Crippen LogP contribution in [0.5, 0.6) is 0 Å². The van der Waals surface area contributed by atoms with Crippen molar-refractivity contribution in [3.8, 4) is 0 Å². The Labute approximate surface area is 72.6 Å². The summed E-state index contributed by atoms with van der Waals surface area (Å²) in [5, 5.41) is 3.58. The number of rotatable bonds is 1. The number of hydrogen-bond donors (Lipinski definition) is 1. The molecule has 1 N–H and O–H groups in total. The van der Waals surface area contributed by atoms with E-state index >= 15 is 0 Å². The summed E-state index contributed by atoms with van der Waals surface area (Å²) in [5.74, 6) is 0. The highest BCUT2D eigenvalue weighted by Crippen LogP contribution is 2.17. The van der Waals surface area contributed by atoms with Crippen molar-refractivity contribution in [1.82, 2.24) is 4.98 Å². The monoisotopic (exact) mass is 172 g/mol. The molecule has 0 aliphatic carbocycles. The van der Waals surface area contributed by atoms with Crippen molar-refractivity contribution in [2.45, 2.75) is 13.8 Å².